The lowest BCUT2D eigenvalue weighted by Gasteiger charge is -2.38. The number of hydrogen-bond acceptors (Lipinski definition) is 6. The maximum atomic E-state index is 12.1. The molecule has 0 aliphatic heterocycles. The van der Waals surface area contributed by atoms with Crippen LogP contribution in [0, 0.1) is 0 Å². The summed E-state index contributed by atoms with van der Waals surface area (Å²) in [6, 6.07) is 8.07. The first-order valence-corrected chi connectivity index (χ1v) is 11.6. The molecule has 2 N–H and O–H groups in total. The topological polar surface area (TPSA) is 110 Å². The van der Waals surface area contributed by atoms with Gasteiger partial charge in [0.25, 0.3) is 0 Å². The largest absolute Gasteiger partial charge is 0.481 e. The van der Waals surface area contributed by atoms with Gasteiger partial charge in [0, 0.05) is 0 Å². The Morgan fingerprint density at radius 2 is 1.63 bits per heavy atom. The van der Waals surface area contributed by atoms with E-state index >= 15 is 0 Å². The number of carbonyl (C=O) groups excluding carboxylic acids is 2. The number of aliphatic hydroxyl groups excluding tert-OH is 1. The van der Waals surface area contributed by atoms with E-state index in [1.807, 2.05) is 33.9 Å². The highest BCUT2D eigenvalue weighted by molar-refractivity contribution is 6.74. The molecule has 8 heteroatoms. The zero-order valence-electron chi connectivity index (χ0n) is 16.4. The molecule has 0 fully saturated rings. The summed E-state index contributed by atoms with van der Waals surface area (Å²) in [7, 11) is -2.32. The highest BCUT2D eigenvalue weighted by atomic mass is 28.4. The molecular weight excluding hydrogens is 368 g/mol. The molecule has 0 heterocycles. The van der Waals surface area contributed by atoms with E-state index in [-0.39, 0.29) is 17.9 Å². The molecule has 27 heavy (non-hydrogen) atoms. The number of carboxylic acids is 1. The van der Waals surface area contributed by atoms with Crippen molar-refractivity contribution in [3.05, 3.63) is 35.9 Å². The fourth-order valence-electron chi connectivity index (χ4n) is 2.11. The van der Waals surface area contributed by atoms with E-state index < -0.39 is 38.4 Å². The van der Waals surface area contributed by atoms with Gasteiger partial charge < -0.3 is 19.4 Å². The van der Waals surface area contributed by atoms with Gasteiger partial charge >= 0.3 is 17.9 Å². The Morgan fingerprint density at radius 3 is 2.11 bits per heavy atom. The van der Waals surface area contributed by atoms with Gasteiger partial charge in [-0.15, -0.1) is 0 Å². The maximum absolute atomic E-state index is 12.1. The molecule has 0 aromatic heterocycles. The molecule has 0 unspecified atom stereocenters. The van der Waals surface area contributed by atoms with Crippen molar-refractivity contribution >= 4 is 26.2 Å². The Morgan fingerprint density at radius 1 is 1.07 bits per heavy atom. The first-order chi connectivity index (χ1) is 12.3. The number of aliphatic hydroxyl groups is 1. The maximum Gasteiger partial charge on any atom is 0.347 e. The number of carboxylic acid groups (broad SMARTS) is 1. The average Bonchev–Trinajstić information content (AvgIpc) is 2.52. The fourth-order valence-corrected chi connectivity index (χ4v) is 3.46. The van der Waals surface area contributed by atoms with Gasteiger partial charge in [0.15, 0.2) is 14.4 Å². The van der Waals surface area contributed by atoms with Crippen molar-refractivity contribution in [2.24, 2.45) is 0 Å². The third-order valence-electron chi connectivity index (χ3n) is 4.62. The van der Waals surface area contributed by atoms with Crippen molar-refractivity contribution in [2.75, 3.05) is 0 Å². The summed E-state index contributed by atoms with van der Waals surface area (Å²) in [6.45, 7) is 9.87. The van der Waals surface area contributed by atoms with E-state index in [4.69, 9.17) is 14.3 Å². The minimum absolute atomic E-state index is 0.174. The van der Waals surface area contributed by atoms with Crippen molar-refractivity contribution in [3.8, 4) is 0 Å². The lowest BCUT2D eigenvalue weighted by atomic mass is 10.1. The van der Waals surface area contributed by atoms with Crippen LogP contribution < -0.4 is 0 Å². The summed E-state index contributed by atoms with van der Waals surface area (Å²) < 4.78 is 10.7. The smallest absolute Gasteiger partial charge is 0.347 e. The average molecular weight is 397 g/mol. The Balaban J connectivity index is 2.76. The quantitative estimate of drug-likeness (QED) is 0.395. The van der Waals surface area contributed by atoms with Gasteiger partial charge in [-0.05, 0) is 23.7 Å². The number of benzene rings is 1. The van der Waals surface area contributed by atoms with Crippen molar-refractivity contribution in [3.63, 3.8) is 0 Å². The van der Waals surface area contributed by atoms with Crippen molar-refractivity contribution in [2.45, 2.75) is 64.0 Å². The second-order valence-electron chi connectivity index (χ2n) is 7.91. The summed E-state index contributed by atoms with van der Waals surface area (Å²) >= 11 is 0. The summed E-state index contributed by atoms with van der Waals surface area (Å²) in [5.74, 6) is -3.14. The van der Waals surface area contributed by atoms with Gasteiger partial charge in [-0.2, -0.15) is 0 Å². The Kier molecular flexibility index (Phi) is 7.88. The minimum Gasteiger partial charge on any atom is -0.481 e. The van der Waals surface area contributed by atoms with E-state index in [1.165, 1.54) is 12.1 Å². The number of hydrogen-bond donors (Lipinski definition) is 2. The zero-order valence-corrected chi connectivity index (χ0v) is 17.4. The molecule has 0 saturated heterocycles. The van der Waals surface area contributed by atoms with Crippen LogP contribution in [0.1, 0.15) is 45.3 Å². The number of rotatable bonds is 8. The summed E-state index contributed by atoms with van der Waals surface area (Å²) in [4.78, 5) is 35.2. The van der Waals surface area contributed by atoms with Gasteiger partial charge in [-0.3, -0.25) is 9.59 Å². The SMILES string of the molecule is CC(C)(C)[Si](C)(C)O[C@H](CC(=O)O)CC(=O)OC(=O)[C@H](O)c1ccccc1. The molecule has 0 aliphatic carbocycles. The van der Waals surface area contributed by atoms with Crippen LogP contribution in [0.3, 0.4) is 0 Å². The normalized spacial score (nSPS) is 14.3. The van der Waals surface area contributed by atoms with Crippen LogP contribution in [0.25, 0.3) is 0 Å². The second kappa shape index (κ2) is 9.25. The van der Waals surface area contributed by atoms with E-state index in [1.54, 1.807) is 18.2 Å². The number of esters is 2. The first kappa shape index (κ1) is 23.0. The fraction of sp³-hybridized carbons (Fsp3) is 0.526. The first-order valence-electron chi connectivity index (χ1n) is 8.70. The Bertz CT molecular complexity index is 664. The van der Waals surface area contributed by atoms with Crippen LogP contribution >= 0.6 is 0 Å². The van der Waals surface area contributed by atoms with Crippen molar-refractivity contribution < 1.29 is 33.8 Å². The molecule has 0 amide bonds. The Hall–Kier alpha value is -2.03. The summed E-state index contributed by atoms with van der Waals surface area (Å²) in [5, 5.41) is 18.9. The van der Waals surface area contributed by atoms with Crippen LogP contribution in [0.2, 0.25) is 18.1 Å². The van der Waals surface area contributed by atoms with Crippen molar-refractivity contribution in [1.29, 1.82) is 0 Å². The molecule has 1 rings (SSSR count). The standard InChI is InChI=1S/C19H28O7Si/c1-19(2,3)27(4,5)26-14(11-15(20)21)12-16(22)25-18(24)17(23)13-9-7-6-8-10-13/h6-10,14,17,23H,11-12H2,1-5H3,(H,20,21)/t14-,17-/m1/s1. The molecule has 0 bridgehead atoms. The highest BCUT2D eigenvalue weighted by Crippen LogP contribution is 2.38. The molecule has 150 valence electrons. The highest BCUT2D eigenvalue weighted by Gasteiger charge is 2.40. The molecule has 0 aliphatic rings. The van der Waals surface area contributed by atoms with Crippen LogP contribution in [-0.4, -0.2) is 42.5 Å². The predicted octanol–water partition coefficient (Wildman–Crippen LogP) is 3.05. The van der Waals surface area contributed by atoms with E-state index in [0.29, 0.717) is 5.56 Å². The molecule has 0 saturated carbocycles. The molecule has 0 spiro atoms. The number of aliphatic carboxylic acids is 1. The van der Waals surface area contributed by atoms with Crippen LogP contribution in [0.4, 0.5) is 0 Å². The molecule has 2 atom stereocenters. The van der Waals surface area contributed by atoms with Gasteiger partial charge in [0.2, 0.25) is 0 Å². The number of ether oxygens (including phenoxy) is 1. The van der Waals surface area contributed by atoms with Gasteiger partial charge in [0.1, 0.15) is 0 Å². The molecular formula is C19H28O7Si. The lowest BCUT2D eigenvalue weighted by molar-refractivity contribution is -0.167. The van der Waals surface area contributed by atoms with Gasteiger partial charge in [-0.1, -0.05) is 51.1 Å². The van der Waals surface area contributed by atoms with Gasteiger partial charge in [-0.25, -0.2) is 4.79 Å². The number of carbonyl (C=O) groups is 3. The summed E-state index contributed by atoms with van der Waals surface area (Å²) in [5.41, 5.74) is 0.301. The predicted molar refractivity (Wildman–Crippen MR) is 101 cm³/mol. The molecule has 7 nitrogen and oxygen atoms in total. The molecule has 1 aromatic rings. The van der Waals surface area contributed by atoms with Gasteiger partial charge in [0.05, 0.1) is 18.9 Å². The second-order valence-corrected chi connectivity index (χ2v) is 12.7. The minimum atomic E-state index is -2.32. The Labute approximate surface area is 160 Å². The lowest BCUT2D eigenvalue weighted by Crippen LogP contribution is -2.45. The van der Waals surface area contributed by atoms with E-state index in [0.717, 1.165) is 0 Å². The molecule has 0 radical (unpaired) electrons. The van der Waals surface area contributed by atoms with Crippen molar-refractivity contribution in [1.82, 2.24) is 0 Å². The third kappa shape index (κ3) is 7.24. The van der Waals surface area contributed by atoms with Crippen LogP contribution in [0.5, 0.6) is 0 Å². The monoisotopic (exact) mass is 396 g/mol. The van der Waals surface area contributed by atoms with E-state index in [2.05, 4.69) is 0 Å². The van der Waals surface area contributed by atoms with Crippen LogP contribution in [0.15, 0.2) is 30.3 Å². The zero-order chi connectivity index (χ0) is 20.8. The third-order valence-corrected chi connectivity index (χ3v) is 9.15. The summed E-state index contributed by atoms with van der Waals surface area (Å²) in [6.07, 6.45) is -3.25. The van der Waals surface area contributed by atoms with Crippen LogP contribution in [-0.2, 0) is 23.5 Å². The van der Waals surface area contributed by atoms with E-state index in [9.17, 15) is 19.5 Å². The molecule has 1 aromatic carbocycles.